The maximum absolute atomic E-state index is 12.9. The highest BCUT2D eigenvalue weighted by Crippen LogP contribution is 2.31. The van der Waals surface area contributed by atoms with Gasteiger partial charge in [-0.2, -0.15) is 4.31 Å². The summed E-state index contributed by atoms with van der Waals surface area (Å²) in [4.78, 5) is 21.2. The predicted octanol–water partition coefficient (Wildman–Crippen LogP) is 0.0542. The van der Waals surface area contributed by atoms with Gasteiger partial charge in [-0.25, -0.2) is 13.4 Å². The van der Waals surface area contributed by atoms with Crippen molar-refractivity contribution >= 4 is 10.0 Å². The number of aromatic amines is 1. The molecule has 3 heterocycles. The van der Waals surface area contributed by atoms with E-state index in [0.29, 0.717) is 24.6 Å². The molecule has 0 unspecified atom stereocenters. The van der Waals surface area contributed by atoms with Gasteiger partial charge in [0.1, 0.15) is 11.4 Å². The van der Waals surface area contributed by atoms with Crippen LogP contribution in [0.2, 0.25) is 0 Å². The number of piperidine rings is 1. The van der Waals surface area contributed by atoms with Gasteiger partial charge in [0, 0.05) is 37.3 Å². The maximum Gasteiger partial charge on any atom is 0.251 e. The van der Waals surface area contributed by atoms with Crippen molar-refractivity contribution in [2.45, 2.75) is 42.3 Å². The van der Waals surface area contributed by atoms with E-state index in [9.17, 15) is 23.4 Å². The molecule has 0 saturated carbocycles. The fraction of sp³-hybridized carbons (Fsp3) is 0.524. The summed E-state index contributed by atoms with van der Waals surface area (Å²) in [6, 6.07) is 9.50. The Morgan fingerprint density at radius 2 is 1.90 bits per heavy atom. The highest BCUT2D eigenvalue weighted by Gasteiger charge is 2.49. The first-order chi connectivity index (χ1) is 14.7. The number of likely N-dealkylation sites (tertiary alicyclic amines) is 1. The Balaban J connectivity index is 1.40. The zero-order valence-electron chi connectivity index (χ0n) is 17.4. The van der Waals surface area contributed by atoms with Crippen LogP contribution in [0.1, 0.15) is 30.3 Å². The van der Waals surface area contributed by atoms with Gasteiger partial charge in [0.15, 0.2) is 0 Å². The minimum Gasteiger partial charge on any atom is -0.389 e. The molecule has 2 aliphatic rings. The van der Waals surface area contributed by atoms with Crippen LogP contribution in [0.3, 0.4) is 0 Å². The lowest BCUT2D eigenvalue weighted by Gasteiger charge is -2.37. The third-order valence-corrected chi connectivity index (χ3v) is 8.01. The maximum atomic E-state index is 12.9. The van der Waals surface area contributed by atoms with Gasteiger partial charge in [-0.05, 0) is 45.0 Å². The number of benzene rings is 1. The molecule has 0 bridgehead atoms. The van der Waals surface area contributed by atoms with Gasteiger partial charge in [0.25, 0.3) is 5.56 Å². The summed E-state index contributed by atoms with van der Waals surface area (Å²) in [6.07, 6.45) is 0.341. The molecule has 2 aromatic rings. The molecule has 4 rings (SSSR count). The van der Waals surface area contributed by atoms with E-state index >= 15 is 0 Å². The van der Waals surface area contributed by atoms with E-state index in [1.165, 1.54) is 18.2 Å². The first-order valence-electron chi connectivity index (χ1n) is 10.4. The topological polar surface area (TPSA) is 127 Å². The van der Waals surface area contributed by atoms with Crippen LogP contribution in [0.4, 0.5) is 0 Å². The highest BCUT2D eigenvalue weighted by molar-refractivity contribution is 7.89. The molecule has 0 aliphatic carbocycles. The minimum atomic E-state index is -3.78. The van der Waals surface area contributed by atoms with E-state index in [1.54, 1.807) is 25.1 Å². The second kappa shape index (κ2) is 8.44. The molecule has 0 spiro atoms. The molecule has 168 valence electrons. The monoisotopic (exact) mass is 448 g/mol. The van der Waals surface area contributed by atoms with Crippen molar-refractivity contribution in [1.29, 1.82) is 0 Å². The first-order valence-corrected chi connectivity index (χ1v) is 11.9. The fourth-order valence-electron chi connectivity index (χ4n) is 4.47. The molecule has 1 aromatic carbocycles. The van der Waals surface area contributed by atoms with Crippen LogP contribution in [-0.2, 0) is 10.0 Å². The predicted molar refractivity (Wildman–Crippen MR) is 114 cm³/mol. The molecule has 9 nitrogen and oxygen atoms in total. The summed E-state index contributed by atoms with van der Waals surface area (Å²) in [5.41, 5.74) is -1.01. The smallest absolute Gasteiger partial charge is 0.251 e. The molecular weight excluding hydrogens is 420 g/mol. The molecule has 0 amide bonds. The van der Waals surface area contributed by atoms with Gasteiger partial charge >= 0.3 is 0 Å². The van der Waals surface area contributed by atoms with Crippen LogP contribution in [0.25, 0.3) is 0 Å². The number of hydrogen-bond acceptors (Lipinski definition) is 7. The molecular formula is C21H28N4O5S. The third-order valence-electron chi connectivity index (χ3n) is 6.19. The Kier molecular flexibility index (Phi) is 6.01. The SMILES string of the molecule is Cc1cc(=O)[nH]c(C2CCN(C[C@]3(O)CN(S(=O)(=O)c4ccccc4)C[C@H]3O)CC2)n1. The van der Waals surface area contributed by atoms with E-state index in [1.807, 2.05) is 4.90 Å². The number of nitrogens with zero attached hydrogens (tertiary/aromatic N) is 3. The van der Waals surface area contributed by atoms with E-state index in [2.05, 4.69) is 9.97 Å². The van der Waals surface area contributed by atoms with Crippen LogP contribution in [0.5, 0.6) is 0 Å². The molecule has 2 saturated heterocycles. The average Bonchev–Trinajstić information content (AvgIpc) is 3.03. The molecule has 10 heteroatoms. The zero-order chi connectivity index (χ0) is 22.2. The van der Waals surface area contributed by atoms with Crippen LogP contribution in [-0.4, -0.2) is 82.2 Å². The number of rotatable bonds is 5. The molecule has 31 heavy (non-hydrogen) atoms. The van der Waals surface area contributed by atoms with Crippen molar-refractivity contribution in [1.82, 2.24) is 19.2 Å². The number of aromatic nitrogens is 2. The standard InChI is InChI=1S/C21H28N4O5S/c1-15-11-19(27)23-20(22-15)16-7-9-24(10-8-16)13-21(28)14-25(12-18(21)26)31(29,30)17-5-3-2-4-6-17/h2-6,11,16,18,26,28H,7-10,12-14H2,1H3,(H,22,23,27)/t18-,21+/m1/s1. The summed E-state index contributed by atoms with van der Waals surface area (Å²) in [5.74, 6) is 0.811. The van der Waals surface area contributed by atoms with Crippen molar-refractivity contribution in [3.05, 3.63) is 58.3 Å². The van der Waals surface area contributed by atoms with E-state index in [4.69, 9.17) is 0 Å². The highest BCUT2D eigenvalue weighted by atomic mass is 32.2. The number of aryl methyl sites for hydroxylation is 1. The summed E-state index contributed by atoms with van der Waals surface area (Å²) in [7, 11) is -3.78. The first kappa shape index (κ1) is 22.1. The second-order valence-electron chi connectivity index (χ2n) is 8.55. The lowest BCUT2D eigenvalue weighted by molar-refractivity contribution is -0.0640. The number of nitrogens with one attached hydrogen (secondary N) is 1. The van der Waals surface area contributed by atoms with Crippen molar-refractivity contribution in [2.24, 2.45) is 0 Å². The average molecular weight is 449 g/mol. The van der Waals surface area contributed by atoms with E-state index in [-0.39, 0.29) is 36.0 Å². The van der Waals surface area contributed by atoms with Gasteiger partial charge in [0.05, 0.1) is 11.0 Å². The molecule has 3 N–H and O–H groups in total. The number of β-amino-alcohol motifs (C(OH)–C–C–N with tert-alkyl or cyclic N) is 2. The summed E-state index contributed by atoms with van der Waals surface area (Å²) in [6.45, 7) is 2.99. The number of H-pyrrole nitrogens is 1. The van der Waals surface area contributed by atoms with Gasteiger partial charge in [-0.15, -0.1) is 0 Å². The molecule has 2 fully saturated rings. The van der Waals surface area contributed by atoms with Crippen molar-refractivity contribution < 1.29 is 18.6 Å². The number of aliphatic hydroxyl groups is 2. The lowest BCUT2D eigenvalue weighted by atomic mass is 9.93. The van der Waals surface area contributed by atoms with Gasteiger partial charge < -0.3 is 20.1 Å². The Hall–Kier alpha value is -2.11. The van der Waals surface area contributed by atoms with Crippen LogP contribution in [0.15, 0.2) is 46.1 Å². The quantitative estimate of drug-likeness (QED) is 0.590. The second-order valence-corrected chi connectivity index (χ2v) is 10.5. The summed E-state index contributed by atoms with van der Waals surface area (Å²) >= 11 is 0. The van der Waals surface area contributed by atoms with Crippen LogP contribution in [0, 0.1) is 6.92 Å². The van der Waals surface area contributed by atoms with Crippen molar-refractivity contribution in [3.8, 4) is 0 Å². The van der Waals surface area contributed by atoms with Gasteiger partial charge in [-0.3, -0.25) is 4.79 Å². The van der Waals surface area contributed by atoms with Crippen LogP contribution >= 0.6 is 0 Å². The minimum absolute atomic E-state index is 0.127. The van der Waals surface area contributed by atoms with Crippen LogP contribution < -0.4 is 5.56 Å². The number of hydrogen-bond donors (Lipinski definition) is 3. The Labute approximate surface area is 181 Å². The van der Waals surface area contributed by atoms with Gasteiger partial charge in [-0.1, -0.05) is 18.2 Å². The fourth-order valence-corrected chi connectivity index (χ4v) is 6.00. The summed E-state index contributed by atoms with van der Waals surface area (Å²) < 4.78 is 26.9. The molecule has 2 aliphatic heterocycles. The molecule has 2 atom stereocenters. The van der Waals surface area contributed by atoms with Crippen molar-refractivity contribution in [2.75, 3.05) is 32.7 Å². The van der Waals surface area contributed by atoms with E-state index < -0.39 is 21.7 Å². The third kappa shape index (κ3) is 4.58. The summed E-state index contributed by atoms with van der Waals surface area (Å²) in [5, 5.41) is 21.6. The van der Waals surface area contributed by atoms with E-state index in [0.717, 1.165) is 17.1 Å². The zero-order valence-corrected chi connectivity index (χ0v) is 18.3. The Bertz CT molecular complexity index is 1080. The lowest BCUT2D eigenvalue weighted by Crippen LogP contribution is -2.53. The molecule has 1 aromatic heterocycles. The van der Waals surface area contributed by atoms with Crippen molar-refractivity contribution in [3.63, 3.8) is 0 Å². The Morgan fingerprint density at radius 1 is 1.23 bits per heavy atom. The molecule has 0 radical (unpaired) electrons. The Morgan fingerprint density at radius 3 is 2.55 bits per heavy atom. The normalized spacial score (nSPS) is 26.4. The van der Waals surface area contributed by atoms with Gasteiger partial charge in [0.2, 0.25) is 10.0 Å². The largest absolute Gasteiger partial charge is 0.389 e. The number of aliphatic hydroxyl groups excluding tert-OH is 1. The number of sulfonamides is 1.